The van der Waals surface area contributed by atoms with E-state index in [9.17, 15) is 68.5 Å². The number of carboxylic acid groups (broad SMARTS) is 1. The molecule has 2 aliphatic rings. The van der Waals surface area contributed by atoms with Crippen molar-refractivity contribution in [2.24, 2.45) is 23.7 Å². The minimum Gasteiger partial charge on any atom is -0.479 e. The Hall–Kier alpha value is -7.35. The molecular weight excluding hydrogens is 1290 g/mol. The van der Waals surface area contributed by atoms with Gasteiger partial charge in [0.25, 0.3) is 0 Å². The third-order valence-corrected chi connectivity index (χ3v) is 19.2. The van der Waals surface area contributed by atoms with Crippen molar-refractivity contribution in [1.29, 1.82) is 0 Å². The number of amides is 7. The quantitative estimate of drug-likeness (QED) is 0.0372. The largest absolute Gasteiger partial charge is 0.479 e. The lowest BCUT2D eigenvalue weighted by Gasteiger charge is -2.40. The maximum absolute atomic E-state index is 14.8. The van der Waals surface area contributed by atoms with Gasteiger partial charge >= 0.3 is 19.7 Å². The average molecular weight is 1390 g/mol. The number of methoxy groups -OCH3 is 1. The molecule has 2 saturated heterocycles. The fraction of sp³-hybridized carbons (Fsp3) is 0.662. The molecule has 2 aliphatic heterocycles. The van der Waals surface area contributed by atoms with Crippen LogP contribution in [-0.2, 0) is 80.6 Å². The van der Waals surface area contributed by atoms with Gasteiger partial charge in [0, 0.05) is 65.5 Å². The molecule has 14 atom stereocenters. The van der Waals surface area contributed by atoms with Crippen LogP contribution in [0.2, 0.25) is 0 Å². The number of nitrogens with one attached hydrogen (secondary N) is 4. The van der Waals surface area contributed by atoms with Gasteiger partial charge in [-0.3, -0.25) is 38.2 Å². The van der Waals surface area contributed by atoms with Gasteiger partial charge in [0.1, 0.15) is 48.9 Å². The van der Waals surface area contributed by atoms with Crippen molar-refractivity contribution in [2.75, 3.05) is 52.8 Å². The number of aryl methyl sites for hydroxylation is 1. The second-order valence-electron chi connectivity index (χ2n) is 25.2. The molecule has 3 aromatic rings. The molecule has 3 heterocycles. The second kappa shape index (κ2) is 38.1. The number of aliphatic hydroxyl groups excluding tert-OH is 4. The number of likely N-dealkylation sites (tertiary alicyclic amines) is 1. The van der Waals surface area contributed by atoms with E-state index in [2.05, 4.69) is 41.7 Å². The maximum atomic E-state index is 14.8. The Morgan fingerprint density at radius 1 is 0.794 bits per heavy atom. The molecule has 31 nitrogen and oxygen atoms in total. The summed E-state index contributed by atoms with van der Waals surface area (Å²) in [7, 11) is 0.923. The number of hydrogen-bond donors (Lipinski definition) is 9. The van der Waals surface area contributed by atoms with Crippen LogP contribution in [0.4, 0.5) is 10.5 Å². The van der Waals surface area contributed by atoms with E-state index in [0.717, 1.165) is 11.3 Å². The van der Waals surface area contributed by atoms with Gasteiger partial charge in [-0.2, -0.15) is 0 Å². The molecule has 5 rings (SSSR count). The smallest absolute Gasteiger partial charge is 0.410 e. The number of hydrogen-bond acceptors (Lipinski definition) is 23. The highest BCUT2D eigenvalue weighted by molar-refractivity contribution is 7.53. The molecule has 97 heavy (non-hydrogen) atoms. The number of nitrogens with zero attached hydrogens (tertiary/aromatic N) is 7. The van der Waals surface area contributed by atoms with Crippen molar-refractivity contribution in [2.45, 2.75) is 206 Å². The third-order valence-electron chi connectivity index (χ3n) is 17.2. The summed E-state index contributed by atoms with van der Waals surface area (Å²) in [4.78, 5) is 114. The summed E-state index contributed by atoms with van der Waals surface area (Å²) in [6, 6.07) is 9.30. The minimum atomic E-state index is -3.52. The zero-order valence-electron chi connectivity index (χ0n) is 57.7. The first kappa shape index (κ1) is 80.3. The van der Waals surface area contributed by atoms with Crippen LogP contribution >= 0.6 is 7.60 Å². The van der Waals surface area contributed by atoms with E-state index in [-0.39, 0.29) is 104 Å². The van der Waals surface area contributed by atoms with E-state index in [1.165, 1.54) is 37.3 Å². The van der Waals surface area contributed by atoms with Gasteiger partial charge < -0.3 is 84.6 Å². The fourth-order valence-electron chi connectivity index (χ4n) is 11.7. The van der Waals surface area contributed by atoms with Crippen molar-refractivity contribution >= 4 is 60.8 Å². The fourth-order valence-corrected chi connectivity index (χ4v) is 13.2. The number of rotatable bonds is 37. The van der Waals surface area contributed by atoms with Crippen LogP contribution in [0.1, 0.15) is 143 Å². The Bertz CT molecular complexity index is 3130. The van der Waals surface area contributed by atoms with Crippen LogP contribution in [0, 0.1) is 23.7 Å². The van der Waals surface area contributed by atoms with Crippen molar-refractivity contribution in [3.63, 3.8) is 0 Å². The molecule has 0 unspecified atom stereocenters. The standard InChI is InChI=1S/C65H100N11O20P/c1-14-38(8)54(46(91-13)33-51(79)76-30-20-23-43(76)31-39(9)60(84)67-40(10)55(80)42-21-18-17-19-22-42)74(11)62(86)52(36(4)5)69-61(85)53(37(6)7)75(12)65(89)92-34-41-24-25-45(95-64-58(83)56(81)57(82)59(96-64)63(87)88)44(32-41)68-50(78)28-29-66-49(77)27-26-47-70-72-48(73-71-47)35-97(90,93-15-2)94-16-3/h17-19,21-22,24-25,32,36-40,43,46,52-59,64,80-83H,14-16,20,23,26-31,33-35H2,1-13H3,(H,66,77)(H,67,84)(H,68,78)(H,69,85)(H,87,88)/t38-,39+,40+,43-,46+,52-,53-,54-,55+,56-,57-,58+,59-,64+/m0/s1. The summed E-state index contributed by atoms with van der Waals surface area (Å²) in [5.74, 6) is -6.23. The molecule has 0 spiro atoms. The molecule has 0 bridgehead atoms. The number of aliphatic hydroxyl groups is 4. The maximum Gasteiger partial charge on any atom is 0.410 e. The van der Waals surface area contributed by atoms with E-state index in [1.54, 1.807) is 79.5 Å². The molecule has 540 valence electrons. The zero-order chi connectivity index (χ0) is 72.0. The molecule has 9 N–H and O–H groups in total. The average Bonchev–Trinajstić information content (AvgIpc) is 1.57. The van der Waals surface area contributed by atoms with Gasteiger partial charge in [-0.25, -0.2) is 9.59 Å². The Balaban J connectivity index is 1.24. The Kier molecular flexibility index (Phi) is 31.6. The van der Waals surface area contributed by atoms with Gasteiger partial charge in [0.15, 0.2) is 17.8 Å². The summed E-state index contributed by atoms with van der Waals surface area (Å²) in [5.41, 5.74) is 0.773. The van der Waals surface area contributed by atoms with Crippen LogP contribution in [0.5, 0.6) is 5.75 Å². The number of carboxylic acids is 1. The second-order valence-corrected chi connectivity index (χ2v) is 27.3. The molecule has 2 aromatic carbocycles. The number of likely N-dealkylation sites (N-methyl/N-ethyl adjacent to an activating group) is 2. The van der Waals surface area contributed by atoms with E-state index in [0.29, 0.717) is 31.4 Å². The molecular formula is C65H100N11O20P. The third kappa shape index (κ3) is 22.9. The monoisotopic (exact) mass is 1390 g/mol. The molecule has 32 heteroatoms. The Morgan fingerprint density at radius 2 is 1.44 bits per heavy atom. The minimum absolute atomic E-state index is 0.00745. The SMILES string of the molecule is CCOP(=O)(Cc1nnc(CCC(=O)NCCC(=O)Nc2cc(COC(=O)N(C)[C@H](C(=O)N[C@H](C(=O)N(C)[C@@H]([C@@H](C)CC)[C@@H](CC(=O)N3CCC[C@H]3C[C@@H](C)C(=O)N[C@H](C)[C@@H](O)c3ccccc3)OC)C(C)C)C(C)C)ccc2O[C@@H]2O[C@H](C(=O)O)[C@@H](O)[C@H](O)[C@H]2O)nn1)OCC. The highest BCUT2D eigenvalue weighted by atomic mass is 31.2. The highest BCUT2D eigenvalue weighted by Crippen LogP contribution is 2.50. The van der Waals surface area contributed by atoms with Crippen LogP contribution < -0.4 is 26.0 Å². The summed E-state index contributed by atoms with van der Waals surface area (Å²) < 4.78 is 46.3. The predicted molar refractivity (Wildman–Crippen MR) is 350 cm³/mol. The van der Waals surface area contributed by atoms with E-state index >= 15 is 0 Å². The number of carbonyl (C=O) groups is 8. The summed E-state index contributed by atoms with van der Waals surface area (Å²) in [5, 5.41) is 78.9. The first-order valence-electron chi connectivity index (χ1n) is 32.9. The van der Waals surface area contributed by atoms with Crippen molar-refractivity contribution in [3.05, 3.63) is 71.3 Å². The lowest BCUT2D eigenvalue weighted by atomic mass is 9.89. The van der Waals surface area contributed by atoms with E-state index in [4.69, 9.17) is 28.0 Å². The topological polar surface area (TPSA) is 420 Å². The summed E-state index contributed by atoms with van der Waals surface area (Å²) >= 11 is 0. The summed E-state index contributed by atoms with van der Waals surface area (Å²) in [6.07, 6.45) is -11.0. The normalized spacial score (nSPS) is 20.5. The van der Waals surface area contributed by atoms with Crippen molar-refractivity contribution < 1.29 is 96.4 Å². The first-order chi connectivity index (χ1) is 45.9. The number of aliphatic carboxylic acids is 1. The van der Waals surface area contributed by atoms with Crippen molar-refractivity contribution in [1.82, 2.24) is 51.0 Å². The Morgan fingerprint density at radius 3 is 2.04 bits per heavy atom. The number of benzene rings is 2. The zero-order valence-corrected chi connectivity index (χ0v) is 58.6. The predicted octanol–water partition coefficient (Wildman–Crippen LogP) is 3.65. The lowest BCUT2D eigenvalue weighted by molar-refractivity contribution is -0.271. The molecule has 0 aliphatic carbocycles. The highest BCUT2D eigenvalue weighted by Gasteiger charge is 2.49. The van der Waals surface area contributed by atoms with Gasteiger partial charge in [-0.05, 0) is 81.0 Å². The summed E-state index contributed by atoms with van der Waals surface area (Å²) in [6.45, 7) is 17.8. The number of aromatic nitrogens is 4. The molecule has 0 radical (unpaired) electrons. The lowest BCUT2D eigenvalue weighted by Crippen LogP contribution is -2.61. The van der Waals surface area contributed by atoms with Gasteiger partial charge in [-0.15, -0.1) is 20.4 Å². The molecule has 2 fully saturated rings. The Labute approximate surface area is 566 Å². The molecule has 0 saturated carbocycles. The van der Waals surface area contributed by atoms with E-state index in [1.807, 2.05) is 32.0 Å². The van der Waals surface area contributed by atoms with Crippen LogP contribution in [0.3, 0.4) is 0 Å². The first-order valence-corrected chi connectivity index (χ1v) is 34.7. The van der Waals surface area contributed by atoms with Crippen LogP contribution in [0.15, 0.2) is 48.5 Å². The van der Waals surface area contributed by atoms with Gasteiger partial charge in [0.2, 0.25) is 41.7 Å². The van der Waals surface area contributed by atoms with Gasteiger partial charge in [-0.1, -0.05) is 91.3 Å². The molecule has 7 amide bonds. The molecule has 1 aromatic heterocycles. The number of anilines is 1. The van der Waals surface area contributed by atoms with Gasteiger partial charge in [0.05, 0.1) is 49.6 Å². The number of carbonyl (C=O) groups excluding carboxylic acids is 7. The van der Waals surface area contributed by atoms with Crippen LogP contribution in [0.25, 0.3) is 0 Å². The van der Waals surface area contributed by atoms with E-state index < -0.39 is 135 Å². The van der Waals surface area contributed by atoms with Crippen LogP contribution in [-0.4, -0.2) is 223 Å². The van der Waals surface area contributed by atoms with Crippen molar-refractivity contribution in [3.8, 4) is 5.75 Å². The number of ether oxygens (including phenoxy) is 4.